The van der Waals surface area contributed by atoms with Crippen molar-refractivity contribution in [3.8, 4) is 11.1 Å². The standard InChI is InChI=1S/C34H53N5/c1-6-16-37(17-7-1)22-14-35-27-30-24-31(28-36-15-23-38-18-8-2-9-19-38)26-33(25-30)34-13-5-4-12-32(34)29-39-20-10-3-11-21-39/h4-5,12-13,24-26,35-36H,1-3,6-11,14-23,27-29H2. The van der Waals surface area contributed by atoms with Crippen molar-refractivity contribution >= 4 is 0 Å². The van der Waals surface area contributed by atoms with Crippen molar-refractivity contribution in [3.05, 3.63) is 59.2 Å². The molecule has 214 valence electrons. The number of hydrogen-bond acceptors (Lipinski definition) is 5. The molecule has 5 rings (SSSR count). The third kappa shape index (κ3) is 9.40. The molecule has 2 aromatic rings. The molecule has 0 amide bonds. The summed E-state index contributed by atoms with van der Waals surface area (Å²) in [6.45, 7) is 15.0. The molecule has 3 saturated heterocycles. The lowest BCUT2D eigenvalue weighted by atomic mass is 9.95. The van der Waals surface area contributed by atoms with E-state index in [1.54, 1.807) is 0 Å². The molecular weight excluding hydrogens is 478 g/mol. The number of nitrogens with zero attached hydrogens (tertiary/aromatic N) is 3. The van der Waals surface area contributed by atoms with Crippen LogP contribution in [0.5, 0.6) is 0 Å². The van der Waals surface area contributed by atoms with E-state index in [-0.39, 0.29) is 0 Å². The molecule has 3 heterocycles. The molecule has 0 radical (unpaired) electrons. The van der Waals surface area contributed by atoms with E-state index in [0.29, 0.717) is 0 Å². The maximum atomic E-state index is 3.77. The van der Waals surface area contributed by atoms with Gasteiger partial charge in [-0.1, -0.05) is 49.6 Å². The first-order chi connectivity index (χ1) is 19.3. The molecular formula is C34H53N5. The van der Waals surface area contributed by atoms with Crippen molar-refractivity contribution in [2.45, 2.75) is 77.4 Å². The first-order valence-electron chi connectivity index (χ1n) is 16.1. The van der Waals surface area contributed by atoms with E-state index >= 15 is 0 Å². The average Bonchev–Trinajstić information content (AvgIpc) is 2.99. The lowest BCUT2D eigenvalue weighted by molar-refractivity contribution is 0.221. The molecule has 0 unspecified atom stereocenters. The molecule has 0 aliphatic carbocycles. The third-order valence-corrected chi connectivity index (χ3v) is 8.99. The summed E-state index contributed by atoms with van der Waals surface area (Å²) in [5.74, 6) is 0. The Hall–Kier alpha value is -1.76. The number of rotatable bonds is 13. The van der Waals surface area contributed by atoms with E-state index in [1.165, 1.54) is 138 Å². The lowest BCUT2D eigenvalue weighted by Gasteiger charge is -2.27. The SMILES string of the molecule is c1ccc(-c2cc(CNCCN3CCCCC3)cc(CNCCN3CCCCC3)c2)c(CN2CCCCC2)c1. The van der Waals surface area contributed by atoms with Crippen LogP contribution in [-0.2, 0) is 19.6 Å². The summed E-state index contributed by atoms with van der Waals surface area (Å²) >= 11 is 0. The Balaban J connectivity index is 1.24. The maximum absolute atomic E-state index is 3.77. The fourth-order valence-corrected chi connectivity index (χ4v) is 6.73. The van der Waals surface area contributed by atoms with E-state index < -0.39 is 0 Å². The predicted octanol–water partition coefficient (Wildman–Crippen LogP) is 5.49. The minimum absolute atomic E-state index is 0.941. The van der Waals surface area contributed by atoms with Gasteiger partial charge in [-0.25, -0.2) is 0 Å². The Bertz CT molecular complexity index is 929. The quantitative estimate of drug-likeness (QED) is 0.334. The van der Waals surface area contributed by atoms with Gasteiger partial charge in [0.05, 0.1) is 0 Å². The van der Waals surface area contributed by atoms with Gasteiger partial charge < -0.3 is 20.4 Å². The first-order valence-corrected chi connectivity index (χ1v) is 16.1. The Morgan fingerprint density at radius 3 is 1.56 bits per heavy atom. The van der Waals surface area contributed by atoms with Gasteiger partial charge in [0.2, 0.25) is 0 Å². The van der Waals surface area contributed by atoms with Gasteiger partial charge in [0.15, 0.2) is 0 Å². The van der Waals surface area contributed by atoms with Gasteiger partial charge in [-0.3, -0.25) is 4.90 Å². The van der Waals surface area contributed by atoms with Crippen molar-refractivity contribution < 1.29 is 0 Å². The van der Waals surface area contributed by atoms with E-state index in [9.17, 15) is 0 Å². The van der Waals surface area contributed by atoms with Crippen molar-refractivity contribution in [1.29, 1.82) is 0 Å². The minimum Gasteiger partial charge on any atom is -0.311 e. The van der Waals surface area contributed by atoms with Crippen LogP contribution in [0.15, 0.2) is 42.5 Å². The van der Waals surface area contributed by atoms with Gasteiger partial charge in [-0.05, 0) is 118 Å². The molecule has 0 atom stereocenters. The number of likely N-dealkylation sites (tertiary alicyclic amines) is 3. The van der Waals surface area contributed by atoms with Gasteiger partial charge in [-0.2, -0.15) is 0 Å². The highest BCUT2D eigenvalue weighted by molar-refractivity contribution is 5.69. The van der Waals surface area contributed by atoms with Crippen molar-refractivity contribution in [3.63, 3.8) is 0 Å². The second-order valence-electron chi connectivity index (χ2n) is 12.2. The number of hydrogen-bond donors (Lipinski definition) is 2. The Kier molecular flexibility index (Phi) is 11.7. The summed E-state index contributed by atoms with van der Waals surface area (Å²) in [5.41, 5.74) is 7.08. The van der Waals surface area contributed by atoms with Crippen LogP contribution >= 0.6 is 0 Å². The van der Waals surface area contributed by atoms with Gasteiger partial charge in [-0.15, -0.1) is 0 Å². The highest BCUT2D eigenvalue weighted by Gasteiger charge is 2.15. The second kappa shape index (κ2) is 15.9. The van der Waals surface area contributed by atoms with Crippen LogP contribution in [0, 0.1) is 0 Å². The number of piperidine rings is 3. The summed E-state index contributed by atoms with van der Waals surface area (Å²) in [4.78, 5) is 7.90. The fraction of sp³-hybridized carbons (Fsp3) is 0.647. The van der Waals surface area contributed by atoms with Crippen LogP contribution < -0.4 is 10.6 Å². The average molecular weight is 532 g/mol. The zero-order valence-electron chi connectivity index (χ0n) is 24.4. The van der Waals surface area contributed by atoms with Crippen LogP contribution in [0.2, 0.25) is 0 Å². The predicted molar refractivity (Wildman–Crippen MR) is 165 cm³/mol. The largest absolute Gasteiger partial charge is 0.311 e. The van der Waals surface area contributed by atoms with Crippen molar-refractivity contribution in [1.82, 2.24) is 25.3 Å². The number of benzene rings is 2. The van der Waals surface area contributed by atoms with Crippen LogP contribution in [0.25, 0.3) is 11.1 Å². The first kappa shape index (κ1) is 28.8. The summed E-state index contributed by atoms with van der Waals surface area (Å²) in [6.07, 6.45) is 12.4. The normalized spacial score (nSPS) is 19.9. The molecule has 0 spiro atoms. The molecule has 3 aliphatic heterocycles. The minimum atomic E-state index is 0.941. The molecule has 3 fully saturated rings. The van der Waals surface area contributed by atoms with Crippen molar-refractivity contribution in [2.24, 2.45) is 0 Å². The summed E-state index contributed by atoms with van der Waals surface area (Å²) in [6, 6.07) is 16.4. The van der Waals surface area contributed by atoms with E-state index in [0.717, 1.165) is 32.7 Å². The molecule has 3 aliphatic rings. The van der Waals surface area contributed by atoms with Gasteiger partial charge in [0, 0.05) is 45.8 Å². The fourth-order valence-electron chi connectivity index (χ4n) is 6.73. The Morgan fingerprint density at radius 1 is 0.538 bits per heavy atom. The lowest BCUT2D eigenvalue weighted by Crippen LogP contribution is -2.35. The smallest absolute Gasteiger partial charge is 0.0239 e. The topological polar surface area (TPSA) is 33.8 Å². The molecule has 5 heteroatoms. The molecule has 5 nitrogen and oxygen atoms in total. The van der Waals surface area contributed by atoms with E-state index in [4.69, 9.17) is 0 Å². The molecule has 2 aromatic carbocycles. The Morgan fingerprint density at radius 2 is 1.03 bits per heavy atom. The van der Waals surface area contributed by atoms with Gasteiger partial charge >= 0.3 is 0 Å². The van der Waals surface area contributed by atoms with Crippen LogP contribution in [0.3, 0.4) is 0 Å². The molecule has 0 aromatic heterocycles. The monoisotopic (exact) mass is 531 g/mol. The molecule has 39 heavy (non-hydrogen) atoms. The highest BCUT2D eigenvalue weighted by Crippen LogP contribution is 2.28. The molecule has 2 N–H and O–H groups in total. The maximum Gasteiger partial charge on any atom is 0.0239 e. The van der Waals surface area contributed by atoms with E-state index in [2.05, 4.69) is 67.8 Å². The van der Waals surface area contributed by atoms with Crippen LogP contribution in [0.4, 0.5) is 0 Å². The van der Waals surface area contributed by atoms with Crippen LogP contribution in [-0.4, -0.2) is 80.1 Å². The zero-order chi connectivity index (χ0) is 26.5. The summed E-state index contributed by atoms with van der Waals surface area (Å²) in [7, 11) is 0. The molecule has 0 saturated carbocycles. The highest BCUT2D eigenvalue weighted by atomic mass is 15.1. The third-order valence-electron chi connectivity index (χ3n) is 8.99. The summed E-state index contributed by atoms with van der Waals surface area (Å²) in [5, 5.41) is 7.54. The van der Waals surface area contributed by atoms with Gasteiger partial charge in [0.25, 0.3) is 0 Å². The van der Waals surface area contributed by atoms with Crippen LogP contribution in [0.1, 0.15) is 74.5 Å². The Labute approximate surface area is 238 Å². The number of nitrogens with one attached hydrogen (secondary N) is 2. The summed E-state index contributed by atoms with van der Waals surface area (Å²) < 4.78 is 0. The van der Waals surface area contributed by atoms with Gasteiger partial charge in [0.1, 0.15) is 0 Å². The zero-order valence-corrected chi connectivity index (χ0v) is 24.4. The second-order valence-corrected chi connectivity index (χ2v) is 12.2. The van der Waals surface area contributed by atoms with Crippen molar-refractivity contribution in [2.75, 3.05) is 65.4 Å². The molecule has 0 bridgehead atoms. The van der Waals surface area contributed by atoms with E-state index in [1.807, 2.05) is 0 Å².